The number of hydrogen-bond donors (Lipinski definition) is 1. The Morgan fingerprint density at radius 3 is 2.73 bits per heavy atom. The van der Waals surface area contributed by atoms with E-state index in [9.17, 15) is 9.59 Å². The molecule has 0 radical (unpaired) electrons. The maximum atomic E-state index is 12.7. The molecule has 2 atom stereocenters. The highest BCUT2D eigenvalue weighted by Crippen LogP contribution is 2.27. The first-order valence-electron chi connectivity index (χ1n) is 11.3. The Morgan fingerprint density at radius 1 is 1.21 bits per heavy atom. The van der Waals surface area contributed by atoms with Gasteiger partial charge in [0.05, 0.1) is 36.5 Å². The summed E-state index contributed by atoms with van der Waals surface area (Å²) in [5.41, 5.74) is 0.775. The standard InChI is InChI=1S/C23H28N6O4/c1-16-20(15-26-27-23(16)31)33-19-4-2-3-18(19)32-12-7-22(30)29-10-8-28(9-11-29)21-6-5-17(13-24)14-25-21/h5-6,14-15,18-19H,2-4,7-12H2,1H3,(H,27,31)/t18-,19-/m1/s1. The molecule has 1 saturated heterocycles. The molecule has 2 fully saturated rings. The Labute approximate surface area is 192 Å². The van der Waals surface area contributed by atoms with Crippen molar-refractivity contribution in [3.63, 3.8) is 0 Å². The number of ether oxygens (including phenoxy) is 2. The molecule has 0 bridgehead atoms. The van der Waals surface area contributed by atoms with Crippen LogP contribution in [-0.2, 0) is 9.53 Å². The van der Waals surface area contributed by atoms with Crippen molar-refractivity contribution in [2.24, 2.45) is 0 Å². The zero-order valence-electron chi connectivity index (χ0n) is 18.7. The van der Waals surface area contributed by atoms with Crippen LogP contribution in [0, 0.1) is 18.3 Å². The molecule has 33 heavy (non-hydrogen) atoms. The van der Waals surface area contributed by atoms with Gasteiger partial charge in [-0.3, -0.25) is 9.59 Å². The quantitative estimate of drug-likeness (QED) is 0.668. The van der Waals surface area contributed by atoms with Gasteiger partial charge in [0.2, 0.25) is 5.91 Å². The first kappa shape index (κ1) is 22.7. The van der Waals surface area contributed by atoms with Gasteiger partial charge in [-0.15, -0.1) is 0 Å². The smallest absolute Gasteiger partial charge is 0.270 e. The number of nitrogens with zero attached hydrogens (tertiary/aromatic N) is 5. The molecule has 1 amide bonds. The van der Waals surface area contributed by atoms with Gasteiger partial charge in [0.25, 0.3) is 5.56 Å². The van der Waals surface area contributed by atoms with E-state index in [2.05, 4.69) is 26.2 Å². The molecule has 0 spiro atoms. The highest BCUT2D eigenvalue weighted by atomic mass is 16.5. The monoisotopic (exact) mass is 452 g/mol. The number of aromatic amines is 1. The molecule has 10 heteroatoms. The lowest BCUT2D eigenvalue weighted by Crippen LogP contribution is -2.49. The zero-order chi connectivity index (χ0) is 23.2. The first-order valence-corrected chi connectivity index (χ1v) is 11.3. The normalized spacial score (nSPS) is 20.5. The molecule has 0 aromatic carbocycles. The number of rotatable bonds is 7. The summed E-state index contributed by atoms with van der Waals surface area (Å²) < 4.78 is 12.0. The van der Waals surface area contributed by atoms with Crippen molar-refractivity contribution in [1.82, 2.24) is 20.1 Å². The number of nitriles is 1. The molecule has 1 aliphatic heterocycles. The predicted octanol–water partition coefficient (Wildman–Crippen LogP) is 1.40. The number of pyridine rings is 1. The van der Waals surface area contributed by atoms with Crippen molar-refractivity contribution in [3.8, 4) is 11.8 Å². The third-order valence-electron chi connectivity index (χ3n) is 6.21. The number of hydrogen-bond acceptors (Lipinski definition) is 8. The molecule has 2 aromatic heterocycles. The van der Waals surface area contributed by atoms with Crippen molar-refractivity contribution in [1.29, 1.82) is 5.26 Å². The number of anilines is 1. The van der Waals surface area contributed by atoms with Crippen LogP contribution in [0.5, 0.6) is 5.75 Å². The van der Waals surface area contributed by atoms with Crippen LogP contribution < -0.4 is 15.2 Å². The topological polar surface area (TPSA) is 124 Å². The third-order valence-corrected chi connectivity index (χ3v) is 6.21. The van der Waals surface area contributed by atoms with E-state index in [0.717, 1.165) is 25.1 Å². The highest BCUT2D eigenvalue weighted by molar-refractivity contribution is 5.76. The summed E-state index contributed by atoms with van der Waals surface area (Å²) in [4.78, 5) is 32.7. The van der Waals surface area contributed by atoms with Gasteiger partial charge in [0, 0.05) is 32.4 Å². The lowest BCUT2D eigenvalue weighted by molar-refractivity contribution is -0.133. The molecule has 174 valence electrons. The maximum Gasteiger partial charge on any atom is 0.270 e. The molecule has 4 rings (SSSR count). The fraction of sp³-hybridized carbons (Fsp3) is 0.522. The number of nitrogens with one attached hydrogen (secondary N) is 1. The summed E-state index contributed by atoms with van der Waals surface area (Å²) >= 11 is 0. The van der Waals surface area contributed by atoms with Crippen molar-refractivity contribution in [2.75, 3.05) is 37.7 Å². The zero-order valence-corrected chi connectivity index (χ0v) is 18.7. The predicted molar refractivity (Wildman–Crippen MR) is 120 cm³/mol. The van der Waals surface area contributed by atoms with Gasteiger partial charge in [-0.05, 0) is 38.3 Å². The number of amides is 1. The molecule has 1 saturated carbocycles. The molecule has 2 aliphatic rings. The van der Waals surface area contributed by atoms with Crippen molar-refractivity contribution in [3.05, 3.63) is 46.0 Å². The first-order chi connectivity index (χ1) is 16.0. The van der Waals surface area contributed by atoms with Crippen LogP contribution in [0.15, 0.2) is 29.3 Å². The van der Waals surface area contributed by atoms with E-state index in [4.69, 9.17) is 14.7 Å². The molecule has 1 N–H and O–H groups in total. The van der Waals surface area contributed by atoms with Gasteiger partial charge >= 0.3 is 0 Å². The van der Waals surface area contributed by atoms with Gasteiger partial charge in [0.1, 0.15) is 23.7 Å². The Bertz CT molecular complexity index is 1060. The third kappa shape index (κ3) is 5.49. The van der Waals surface area contributed by atoms with Crippen molar-refractivity contribution in [2.45, 2.75) is 44.8 Å². The molecule has 1 aliphatic carbocycles. The minimum atomic E-state index is -0.261. The van der Waals surface area contributed by atoms with Crippen molar-refractivity contribution >= 4 is 11.7 Å². The minimum Gasteiger partial charge on any atom is -0.486 e. The summed E-state index contributed by atoms with van der Waals surface area (Å²) in [5, 5.41) is 15.1. The van der Waals surface area contributed by atoms with E-state index in [1.54, 1.807) is 19.2 Å². The Hall–Kier alpha value is -3.45. The van der Waals surface area contributed by atoms with Gasteiger partial charge in [-0.1, -0.05) is 0 Å². The summed E-state index contributed by atoms with van der Waals surface area (Å²) in [5.74, 6) is 1.38. The van der Waals surface area contributed by atoms with Crippen LogP contribution in [0.1, 0.15) is 36.8 Å². The lowest BCUT2D eigenvalue weighted by atomic mass is 10.2. The highest BCUT2D eigenvalue weighted by Gasteiger charge is 2.31. The summed E-state index contributed by atoms with van der Waals surface area (Å²) in [7, 11) is 0. The van der Waals surface area contributed by atoms with Crippen LogP contribution >= 0.6 is 0 Å². The van der Waals surface area contributed by atoms with Crippen LogP contribution in [0.2, 0.25) is 0 Å². The van der Waals surface area contributed by atoms with Crippen LogP contribution in [0.4, 0.5) is 5.82 Å². The van der Waals surface area contributed by atoms with Gasteiger partial charge in [-0.2, -0.15) is 10.4 Å². The van der Waals surface area contributed by atoms with E-state index in [0.29, 0.717) is 56.1 Å². The number of aromatic nitrogens is 3. The maximum absolute atomic E-state index is 12.7. The average molecular weight is 453 g/mol. The molecular weight excluding hydrogens is 424 g/mol. The van der Waals surface area contributed by atoms with E-state index >= 15 is 0 Å². The van der Waals surface area contributed by atoms with E-state index in [1.165, 1.54) is 6.20 Å². The van der Waals surface area contributed by atoms with Crippen molar-refractivity contribution < 1.29 is 14.3 Å². The fourth-order valence-corrected chi connectivity index (χ4v) is 4.22. The average Bonchev–Trinajstić information content (AvgIpc) is 3.29. The minimum absolute atomic E-state index is 0.0764. The fourth-order valence-electron chi connectivity index (χ4n) is 4.22. The lowest BCUT2D eigenvalue weighted by Gasteiger charge is -2.35. The molecular formula is C23H28N6O4. The second-order valence-electron chi connectivity index (χ2n) is 8.32. The van der Waals surface area contributed by atoms with E-state index in [1.807, 2.05) is 11.0 Å². The van der Waals surface area contributed by atoms with E-state index in [-0.39, 0.29) is 23.7 Å². The second kappa shape index (κ2) is 10.4. The largest absolute Gasteiger partial charge is 0.486 e. The Kier molecular flexibility index (Phi) is 7.19. The van der Waals surface area contributed by atoms with Crippen LogP contribution in [0.25, 0.3) is 0 Å². The number of carbonyl (C=O) groups is 1. The Balaban J connectivity index is 1.21. The van der Waals surface area contributed by atoms with Gasteiger partial charge < -0.3 is 19.3 Å². The summed E-state index contributed by atoms with van der Waals surface area (Å²) in [6, 6.07) is 5.66. The van der Waals surface area contributed by atoms with Crippen LogP contribution in [0.3, 0.4) is 0 Å². The molecule has 2 aromatic rings. The molecule has 10 nitrogen and oxygen atoms in total. The summed E-state index contributed by atoms with van der Waals surface area (Å²) in [6.45, 7) is 4.71. The number of piperazine rings is 1. The second-order valence-corrected chi connectivity index (χ2v) is 8.32. The SMILES string of the molecule is Cc1c(O[C@@H]2CCC[C@H]2OCCC(=O)N2CCN(c3ccc(C#N)cn3)CC2)cn[nH]c1=O. The number of H-pyrrole nitrogens is 1. The Morgan fingerprint density at radius 2 is 2.00 bits per heavy atom. The number of carbonyl (C=O) groups excluding carboxylic acids is 1. The van der Waals surface area contributed by atoms with E-state index < -0.39 is 0 Å². The molecule has 0 unspecified atom stereocenters. The van der Waals surface area contributed by atoms with Crippen LogP contribution in [-0.4, -0.2) is 71.0 Å². The van der Waals surface area contributed by atoms with Gasteiger partial charge in [-0.25, -0.2) is 10.1 Å². The molecule has 3 heterocycles. The summed E-state index contributed by atoms with van der Waals surface area (Å²) in [6.07, 6.45) is 5.84. The van der Waals surface area contributed by atoms with Gasteiger partial charge in [0.15, 0.2) is 0 Å².